The Balaban J connectivity index is 1.96. The maximum atomic E-state index is 11.1. The first-order chi connectivity index (χ1) is 9.12. The van der Waals surface area contributed by atoms with Crippen molar-refractivity contribution in [2.45, 2.75) is 50.2 Å². The molecule has 0 aromatic heterocycles. The number of carboxylic acid groups (broad SMARTS) is 1. The number of ether oxygens (including phenoxy) is 1. The van der Waals surface area contributed by atoms with Crippen LogP contribution in [0.25, 0.3) is 0 Å². The minimum atomic E-state index is -0.776. The second-order valence-corrected chi connectivity index (χ2v) is 5.67. The fraction of sp³-hybridized carbons (Fsp3) is 0.533. The smallest absolute Gasteiger partial charge is 0.303 e. The molecule has 0 bridgehead atoms. The Kier molecular flexibility index (Phi) is 2.97. The van der Waals surface area contributed by atoms with E-state index in [9.17, 15) is 9.90 Å². The van der Waals surface area contributed by atoms with Crippen LogP contribution < -0.4 is 4.74 Å². The second kappa shape index (κ2) is 4.53. The standard InChI is InChI=1S/C15H18O4/c16-9-10-2-3-13-12(6-10)11(7-14(17)18)8-15(19-13)4-1-5-15/h2-3,6,11,16H,1,4-5,7-9H2,(H,17,18). The molecular weight excluding hydrogens is 244 g/mol. The van der Waals surface area contributed by atoms with E-state index in [0.29, 0.717) is 0 Å². The highest BCUT2D eigenvalue weighted by atomic mass is 16.5. The van der Waals surface area contributed by atoms with Gasteiger partial charge < -0.3 is 14.9 Å². The summed E-state index contributed by atoms with van der Waals surface area (Å²) in [6, 6.07) is 5.60. The highest BCUT2D eigenvalue weighted by Gasteiger charge is 2.45. The third kappa shape index (κ3) is 2.21. The second-order valence-electron chi connectivity index (χ2n) is 5.67. The first-order valence-corrected chi connectivity index (χ1v) is 6.76. The minimum absolute atomic E-state index is 0.00644. The van der Waals surface area contributed by atoms with Gasteiger partial charge in [0.25, 0.3) is 0 Å². The minimum Gasteiger partial charge on any atom is -0.487 e. The monoisotopic (exact) mass is 262 g/mol. The van der Waals surface area contributed by atoms with Gasteiger partial charge in [-0.15, -0.1) is 0 Å². The van der Waals surface area contributed by atoms with E-state index in [1.165, 1.54) is 0 Å². The predicted octanol–water partition coefficient (Wildman–Crippen LogP) is 2.44. The number of carboxylic acids is 1. The number of aliphatic hydroxyl groups excluding tert-OH is 1. The zero-order valence-corrected chi connectivity index (χ0v) is 10.8. The number of benzene rings is 1. The first-order valence-electron chi connectivity index (χ1n) is 6.76. The SMILES string of the molecule is O=C(O)CC1CC2(CCC2)Oc2ccc(CO)cc21. The summed E-state index contributed by atoms with van der Waals surface area (Å²) in [4.78, 5) is 11.1. The lowest BCUT2D eigenvalue weighted by molar-refractivity contribution is -0.138. The summed E-state index contributed by atoms with van der Waals surface area (Å²) in [5.41, 5.74) is 1.61. The number of hydrogen-bond acceptors (Lipinski definition) is 3. The molecule has 0 saturated heterocycles. The van der Waals surface area contributed by atoms with E-state index in [4.69, 9.17) is 9.84 Å². The van der Waals surface area contributed by atoms with Crippen LogP contribution in [0.3, 0.4) is 0 Å². The van der Waals surface area contributed by atoms with Crippen molar-refractivity contribution in [2.24, 2.45) is 0 Å². The fourth-order valence-corrected chi connectivity index (χ4v) is 3.21. The average Bonchev–Trinajstić information content (AvgIpc) is 2.35. The van der Waals surface area contributed by atoms with Crippen molar-refractivity contribution < 1.29 is 19.7 Å². The zero-order chi connectivity index (χ0) is 13.5. The van der Waals surface area contributed by atoms with Gasteiger partial charge in [0.1, 0.15) is 11.4 Å². The molecule has 1 spiro atoms. The van der Waals surface area contributed by atoms with Crippen molar-refractivity contribution in [3.05, 3.63) is 29.3 Å². The van der Waals surface area contributed by atoms with Crippen LogP contribution in [0.2, 0.25) is 0 Å². The molecule has 4 heteroatoms. The molecule has 0 radical (unpaired) electrons. The molecule has 1 unspecified atom stereocenters. The van der Waals surface area contributed by atoms with Gasteiger partial charge in [-0.1, -0.05) is 6.07 Å². The van der Waals surface area contributed by atoms with Gasteiger partial charge in [0.05, 0.1) is 13.0 Å². The largest absolute Gasteiger partial charge is 0.487 e. The molecule has 1 fully saturated rings. The van der Waals surface area contributed by atoms with E-state index in [1.807, 2.05) is 18.2 Å². The molecule has 4 nitrogen and oxygen atoms in total. The molecule has 1 aromatic carbocycles. The fourth-order valence-electron chi connectivity index (χ4n) is 3.21. The van der Waals surface area contributed by atoms with Crippen LogP contribution in [0.4, 0.5) is 0 Å². The van der Waals surface area contributed by atoms with Gasteiger partial charge in [-0.2, -0.15) is 0 Å². The summed E-state index contributed by atoms with van der Waals surface area (Å²) in [5, 5.41) is 18.3. The molecule has 1 aliphatic carbocycles. The van der Waals surface area contributed by atoms with E-state index in [1.54, 1.807) is 0 Å². The van der Waals surface area contributed by atoms with E-state index < -0.39 is 5.97 Å². The molecule has 1 heterocycles. The third-order valence-electron chi connectivity index (χ3n) is 4.33. The van der Waals surface area contributed by atoms with Crippen molar-refractivity contribution in [3.63, 3.8) is 0 Å². The Morgan fingerprint density at radius 2 is 2.21 bits per heavy atom. The molecule has 102 valence electrons. The van der Waals surface area contributed by atoms with Gasteiger partial charge in [0.15, 0.2) is 0 Å². The van der Waals surface area contributed by atoms with Crippen LogP contribution in [-0.2, 0) is 11.4 Å². The number of carbonyl (C=O) groups is 1. The topological polar surface area (TPSA) is 66.8 Å². The maximum Gasteiger partial charge on any atom is 0.303 e. The number of fused-ring (bicyclic) bond motifs is 1. The normalized spacial score (nSPS) is 23.3. The third-order valence-corrected chi connectivity index (χ3v) is 4.33. The van der Waals surface area contributed by atoms with Crippen LogP contribution in [0.1, 0.15) is 49.1 Å². The number of aliphatic carboxylic acids is 1. The molecule has 1 saturated carbocycles. The van der Waals surface area contributed by atoms with E-state index in [-0.39, 0.29) is 24.5 Å². The molecule has 1 aliphatic heterocycles. The Morgan fingerprint density at radius 3 is 2.79 bits per heavy atom. The molecule has 3 rings (SSSR count). The molecule has 0 amide bonds. The van der Waals surface area contributed by atoms with Gasteiger partial charge >= 0.3 is 5.97 Å². The average molecular weight is 262 g/mol. The summed E-state index contributed by atoms with van der Waals surface area (Å²) in [6.07, 6.45) is 4.10. The summed E-state index contributed by atoms with van der Waals surface area (Å²) >= 11 is 0. The summed E-state index contributed by atoms with van der Waals surface area (Å²) in [7, 11) is 0. The van der Waals surface area contributed by atoms with Crippen molar-refractivity contribution in [1.29, 1.82) is 0 Å². The van der Waals surface area contributed by atoms with Crippen LogP contribution in [0.15, 0.2) is 18.2 Å². The van der Waals surface area contributed by atoms with Crippen LogP contribution >= 0.6 is 0 Å². The van der Waals surface area contributed by atoms with Crippen molar-refractivity contribution >= 4 is 5.97 Å². The lowest BCUT2D eigenvalue weighted by atomic mass is 9.70. The quantitative estimate of drug-likeness (QED) is 0.878. The molecule has 1 aromatic rings. The highest BCUT2D eigenvalue weighted by Crippen LogP contribution is 2.50. The van der Waals surface area contributed by atoms with E-state index in [2.05, 4.69) is 0 Å². The summed E-state index contributed by atoms with van der Waals surface area (Å²) < 4.78 is 6.09. The van der Waals surface area contributed by atoms with E-state index in [0.717, 1.165) is 42.6 Å². The van der Waals surface area contributed by atoms with Crippen molar-refractivity contribution in [1.82, 2.24) is 0 Å². The molecular formula is C15H18O4. The van der Waals surface area contributed by atoms with Gasteiger partial charge in [-0.25, -0.2) is 0 Å². The van der Waals surface area contributed by atoms with Gasteiger partial charge in [0, 0.05) is 5.92 Å². The Bertz CT molecular complexity index is 505. The summed E-state index contributed by atoms with van der Waals surface area (Å²) in [5.74, 6) is 0.0178. The van der Waals surface area contributed by atoms with Crippen LogP contribution in [0.5, 0.6) is 5.75 Å². The lowest BCUT2D eigenvalue weighted by Gasteiger charge is -2.47. The van der Waals surface area contributed by atoms with Crippen molar-refractivity contribution in [3.8, 4) is 5.75 Å². The van der Waals surface area contributed by atoms with Gasteiger partial charge in [-0.05, 0) is 48.9 Å². The maximum absolute atomic E-state index is 11.1. The number of hydrogen-bond donors (Lipinski definition) is 2. The van der Waals surface area contributed by atoms with Crippen LogP contribution in [-0.4, -0.2) is 21.8 Å². The van der Waals surface area contributed by atoms with Crippen LogP contribution in [0, 0.1) is 0 Å². The van der Waals surface area contributed by atoms with Gasteiger partial charge in [0.2, 0.25) is 0 Å². The number of rotatable bonds is 3. The zero-order valence-electron chi connectivity index (χ0n) is 10.8. The first kappa shape index (κ1) is 12.5. The molecule has 1 atom stereocenters. The predicted molar refractivity (Wildman–Crippen MR) is 69.2 cm³/mol. The van der Waals surface area contributed by atoms with E-state index >= 15 is 0 Å². The van der Waals surface area contributed by atoms with Crippen molar-refractivity contribution in [2.75, 3.05) is 0 Å². The highest BCUT2D eigenvalue weighted by molar-refractivity contribution is 5.68. The molecule has 2 aliphatic rings. The van der Waals surface area contributed by atoms with Gasteiger partial charge in [-0.3, -0.25) is 4.79 Å². The Hall–Kier alpha value is -1.55. The number of aliphatic hydroxyl groups is 1. The molecule has 19 heavy (non-hydrogen) atoms. The Labute approximate surface area is 112 Å². The molecule has 2 N–H and O–H groups in total. The lowest BCUT2D eigenvalue weighted by Crippen LogP contribution is -2.47. The summed E-state index contributed by atoms with van der Waals surface area (Å²) in [6.45, 7) is -0.0295. The Morgan fingerprint density at radius 1 is 1.42 bits per heavy atom.